The minimum absolute atomic E-state index is 0. The molecule has 7 heteroatoms. The van der Waals surface area contributed by atoms with E-state index in [9.17, 15) is 9.90 Å². The highest BCUT2D eigenvalue weighted by Crippen LogP contribution is 2.30. The van der Waals surface area contributed by atoms with Crippen LogP contribution in [-0.4, -0.2) is 20.9 Å². The minimum Gasteiger partial charge on any atom is -0.389 e. The van der Waals surface area contributed by atoms with Crippen molar-refractivity contribution >= 4 is 12.4 Å². The predicted octanol–water partition coefficient (Wildman–Crippen LogP) is 1.07. The van der Waals surface area contributed by atoms with Gasteiger partial charge in [0.25, 0.3) is 0 Å². The van der Waals surface area contributed by atoms with Gasteiger partial charge in [-0.2, -0.15) is 4.68 Å². The quantitative estimate of drug-likeness (QED) is 0.818. The Morgan fingerprint density at radius 3 is 2.68 bits per heavy atom. The van der Waals surface area contributed by atoms with E-state index in [-0.39, 0.29) is 18.3 Å². The standard InChI is InChI=1S/C12H21N3O3.ClH/c1-7(2)5-9(13)10(16)11-14-15(12(17)18-11)6-8-3-4-8;/h7-10,16H,3-6,13H2,1-2H3;1H/t9-,10?;/m0./s1. The third kappa shape index (κ3) is 4.33. The molecule has 1 saturated carbocycles. The number of nitrogens with two attached hydrogens (primary N) is 1. The van der Waals surface area contributed by atoms with Crippen molar-refractivity contribution in [3.05, 3.63) is 16.4 Å². The van der Waals surface area contributed by atoms with Crippen molar-refractivity contribution in [2.75, 3.05) is 0 Å². The van der Waals surface area contributed by atoms with Crippen LogP contribution in [0.5, 0.6) is 0 Å². The van der Waals surface area contributed by atoms with Gasteiger partial charge in [0.15, 0.2) is 0 Å². The van der Waals surface area contributed by atoms with Crippen LogP contribution < -0.4 is 11.5 Å². The van der Waals surface area contributed by atoms with Crippen LogP contribution in [0.1, 0.15) is 45.1 Å². The lowest BCUT2D eigenvalue weighted by molar-refractivity contribution is 0.105. The Morgan fingerprint density at radius 1 is 1.53 bits per heavy atom. The van der Waals surface area contributed by atoms with Crippen LogP contribution in [0, 0.1) is 11.8 Å². The summed E-state index contributed by atoms with van der Waals surface area (Å²) in [6.45, 7) is 4.62. The molecule has 1 aliphatic carbocycles. The van der Waals surface area contributed by atoms with E-state index >= 15 is 0 Å². The second-order valence-corrected chi connectivity index (χ2v) is 5.57. The van der Waals surface area contributed by atoms with Gasteiger partial charge in [0, 0.05) is 6.04 Å². The summed E-state index contributed by atoms with van der Waals surface area (Å²) in [6.07, 6.45) is 1.90. The monoisotopic (exact) mass is 291 g/mol. The lowest BCUT2D eigenvalue weighted by Gasteiger charge is -2.17. The van der Waals surface area contributed by atoms with Gasteiger partial charge in [0.05, 0.1) is 6.54 Å². The second-order valence-electron chi connectivity index (χ2n) is 5.57. The molecular formula is C12H22ClN3O3. The number of halogens is 1. The van der Waals surface area contributed by atoms with E-state index in [4.69, 9.17) is 10.2 Å². The molecule has 1 aromatic rings. The summed E-state index contributed by atoms with van der Waals surface area (Å²) in [4.78, 5) is 11.5. The molecule has 0 spiro atoms. The van der Waals surface area contributed by atoms with Crippen LogP contribution >= 0.6 is 12.4 Å². The second kappa shape index (κ2) is 6.54. The van der Waals surface area contributed by atoms with Gasteiger partial charge in [0.1, 0.15) is 6.10 Å². The van der Waals surface area contributed by atoms with E-state index < -0.39 is 17.9 Å². The average molecular weight is 292 g/mol. The largest absolute Gasteiger partial charge is 0.437 e. The fraction of sp³-hybridized carbons (Fsp3) is 0.833. The normalized spacial score (nSPS) is 18.2. The van der Waals surface area contributed by atoms with Crippen LogP contribution in [0.4, 0.5) is 0 Å². The van der Waals surface area contributed by atoms with Crippen molar-refractivity contribution in [1.82, 2.24) is 9.78 Å². The van der Waals surface area contributed by atoms with Gasteiger partial charge in [-0.05, 0) is 31.1 Å². The lowest BCUT2D eigenvalue weighted by Crippen LogP contribution is -2.30. The predicted molar refractivity (Wildman–Crippen MR) is 73.1 cm³/mol. The zero-order chi connectivity index (χ0) is 13.3. The van der Waals surface area contributed by atoms with E-state index in [1.54, 1.807) is 0 Å². The molecule has 2 atom stereocenters. The summed E-state index contributed by atoms with van der Waals surface area (Å²) >= 11 is 0. The molecule has 0 aromatic carbocycles. The van der Waals surface area contributed by atoms with Crippen LogP contribution in [0.3, 0.4) is 0 Å². The maximum atomic E-state index is 11.5. The minimum atomic E-state index is -1.01. The summed E-state index contributed by atoms with van der Waals surface area (Å²) < 4.78 is 6.26. The number of rotatable bonds is 6. The van der Waals surface area contributed by atoms with Gasteiger partial charge in [-0.25, -0.2) is 4.79 Å². The summed E-state index contributed by atoms with van der Waals surface area (Å²) in [5.74, 6) is 0.429. The highest BCUT2D eigenvalue weighted by atomic mass is 35.5. The Kier molecular flexibility index (Phi) is 5.58. The van der Waals surface area contributed by atoms with E-state index in [2.05, 4.69) is 5.10 Å². The number of aliphatic hydroxyl groups excluding tert-OH is 1. The van der Waals surface area contributed by atoms with Crippen LogP contribution in [0.2, 0.25) is 0 Å². The van der Waals surface area contributed by atoms with E-state index in [1.165, 1.54) is 4.68 Å². The zero-order valence-electron chi connectivity index (χ0n) is 11.3. The van der Waals surface area contributed by atoms with Crippen molar-refractivity contribution in [1.29, 1.82) is 0 Å². The molecule has 0 radical (unpaired) electrons. The van der Waals surface area contributed by atoms with Gasteiger partial charge in [-0.15, -0.1) is 17.5 Å². The number of hydrogen-bond acceptors (Lipinski definition) is 5. The van der Waals surface area contributed by atoms with Crippen molar-refractivity contribution in [3.8, 4) is 0 Å². The summed E-state index contributed by atoms with van der Waals surface area (Å²) in [5, 5.41) is 14.0. The Morgan fingerprint density at radius 2 is 2.16 bits per heavy atom. The molecule has 1 aliphatic rings. The Balaban J connectivity index is 0.00000180. The molecule has 3 N–H and O–H groups in total. The molecule has 6 nitrogen and oxygen atoms in total. The van der Waals surface area contributed by atoms with Gasteiger partial charge < -0.3 is 15.3 Å². The third-order valence-electron chi connectivity index (χ3n) is 3.15. The fourth-order valence-corrected chi connectivity index (χ4v) is 1.96. The van der Waals surface area contributed by atoms with Crippen LogP contribution in [-0.2, 0) is 6.54 Å². The third-order valence-corrected chi connectivity index (χ3v) is 3.15. The number of aromatic nitrogens is 2. The van der Waals surface area contributed by atoms with Gasteiger partial charge in [0.2, 0.25) is 5.89 Å². The van der Waals surface area contributed by atoms with Crippen LogP contribution in [0.25, 0.3) is 0 Å². The fourth-order valence-electron chi connectivity index (χ4n) is 1.96. The van der Waals surface area contributed by atoms with Gasteiger partial charge >= 0.3 is 5.76 Å². The average Bonchev–Trinajstić information content (AvgIpc) is 3.01. The lowest BCUT2D eigenvalue weighted by atomic mass is 10.0. The summed E-state index contributed by atoms with van der Waals surface area (Å²) in [6, 6.07) is -0.461. The molecule has 0 saturated heterocycles. The number of hydrogen-bond donors (Lipinski definition) is 2. The van der Waals surface area contributed by atoms with E-state index in [1.807, 2.05) is 13.8 Å². The van der Waals surface area contributed by atoms with Gasteiger partial charge in [-0.3, -0.25) is 0 Å². The molecule has 0 aliphatic heterocycles. The molecule has 1 heterocycles. The molecule has 1 unspecified atom stereocenters. The van der Waals surface area contributed by atoms with Crippen LogP contribution in [0.15, 0.2) is 9.21 Å². The van der Waals surface area contributed by atoms with E-state index in [0.717, 1.165) is 12.8 Å². The first-order valence-electron chi connectivity index (χ1n) is 6.49. The van der Waals surface area contributed by atoms with Crippen molar-refractivity contribution in [2.24, 2.45) is 17.6 Å². The van der Waals surface area contributed by atoms with Crippen molar-refractivity contribution in [3.63, 3.8) is 0 Å². The van der Waals surface area contributed by atoms with Crippen molar-refractivity contribution < 1.29 is 9.52 Å². The first-order valence-corrected chi connectivity index (χ1v) is 6.49. The molecule has 1 fully saturated rings. The van der Waals surface area contributed by atoms with E-state index in [0.29, 0.717) is 24.8 Å². The first-order chi connectivity index (χ1) is 8.47. The van der Waals surface area contributed by atoms with Crippen molar-refractivity contribution in [2.45, 2.75) is 51.8 Å². The Bertz CT molecular complexity index is 453. The molecule has 1 aromatic heterocycles. The molecule has 0 amide bonds. The first kappa shape index (κ1) is 16.2. The molecule has 0 bridgehead atoms. The topological polar surface area (TPSA) is 94.3 Å². The van der Waals surface area contributed by atoms with Gasteiger partial charge in [-0.1, -0.05) is 13.8 Å². The molecule has 2 rings (SSSR count). The maximum Gasteiger partial charge on any atom is 0.437 e. The Labute approximate surface area is 118 Å². The maximum absolute atomic E-state index is 11.5. The zero-order valence-corrected chi connectivity index (χ0v) is 12.1. The number of nitrogens with zero attached hydrogens (tertiary/aromatic N) is 2. The highest BCUT2D eigenvalue weighted by molar-refractivity contribution is 5.85. The highest BCUT2D eigenvalue weighted by Gasteiger charge is 2.27. The smallest absolute Gasteiger partial charge is 0.389 e. The summed E-state index contributed by atoms with van der Waals surface area (Å²) in [7, 11) is 0. The Hall–Kier alpha value is -0.850. The molecule has 110 valence electrons. The molecule has 19 heavy (non-hydrogen) atoms. The summed E-state index contributed by atoms with van der Waals surface area (Å²) in [5.41, 5.74) is 5.86. The SMILES string of the molecule is CC(C)C[C@H](N)C(O)c1nn(CC2CC2)c(=O)o1.Cl. The molecular weight excluding hydrogens is 270 g/mol. The number of aliphatic hydroxyl groups is 1.